The molecule has 86 valence electrons. The lowest BCUT2D eigenvalue weighted by molar-refractivity contribution is 0.508. The monoisotopic (exact) mass is 251 g/mol. The van der Waals surface area contributed by atoms with Crippen molar-refractivity contribution in [2.75, 3.05) is 5.32 Å². The third-order valence-corrected chi connectivity index (χ3v) is 2.78. The number of nitriles is 1. The molecule has 3 nitrogen and oxygen atoms in total. The van der Waals surface area contributed by atoms with Gasteiger partial charge in [0.05, 0.1) is 29.0 Å². The maximum absolute atomic E-state index is 13.5. The maximum atomic E-state index is 13.5. The van der Waals surface area contributed by atoms with Crippen molar-refractivity contribution in [1.29, 1.82) is 5.26 Å². The Kier molecular flexibility index (Phi) is 3.30. The molecular formula is C11H7F2N3S. The van der Waals surface area contributed by atoms with E-state index < -0.39 is 11.6 Å². The highest BCUT2D eigenvalue weighted by Gasteiger charge is 2.12. The van der Waals surface area contributed by atoms with E-state index in [1.54, 1.807) is 11.6 Å². The minimum Gasteiger partial charge on any atom is -0.377 e. The molecule has 0 spiro atoms. The number of nitrogens with one attached hydrogen (secondary N) is 1. The number of hydrogen-bond acceptors (Lipinski definition) is 4. The van der Waals surface area contributed by atoms with E-state index >= 15 is 0 Å². The van der Waals surface area contributed by atoms with E-state index in [0.29, 0.717) is 6.54 Å². The van der Waals surface area contributed by atoms with Gasteiger partial charge in [0.1, 0.15) is 6.07 Å². The van der Waals surface area contributed by atoms with E-state index in [9.17, 15) is 8.78 Å². The largest absolute Gasteiger partial charge is 0.377 e. The van der Waals surface area contributed by atoms with Crippen LogP contribution >= 0.6 is 11.3 Å². The zero-order chi connectivity index (χ0) is 12.3. The Labute approximate surface area is 100 Å². The molecule has 0 aliphatic rings. The molecule has 0 bridgehead atoms. The number of anilines is 1. The number of hydrogen-bond donors (Lipinski definition) is 1. The number of benzene rings is 1. The van der Waals surface area contributed by atoms with Crippen LogP contribution in [0.5, 0.6) is 0 Å². The fourth-order valence-corrected chi connectivity index (χ4v) is 1.84. The fraction of sp³-hybridized carbons (Fsp3) is 0.0909. The predicted molar refractivity (Wildman–Crippen MR) is 60.5 cm³/mol. The first-order valence-corrected chi connectivity index (χ1v) is 5.65. The molecule has 1 aromatic carbocycles. The number of halogens is 2. The second-order valence-electron chi connectivity index (χ2n) is 3.23. The molecule has 17 heavy (non-hydrogen) atoms. The van der Waals surface area contributed by atoms with Gasteiger partial charge in [-0.05, 0) is 12.1 Å². The lowest BCUT2D eigenvalue weighted by Crippen LogP contribution is -2.04. The number of nitrogens with zero attached hydrogens (tertiary/aromatic N) is 2. The van der Waals surface area contributed by atoms with Crippen LogP contribution in [0.2, 0.25) is 0 Å². The summed E-state index contributed by atoms with van der Waals surface area (Å²) in [4.78, 5) is 4.00. The molecule has 2 rings (SSSR count). The second-order valence-corrected chi connectivity index (χ2v) is 3.95. The standard InChI is InChI=1S/C11H7F2N3S/c12-10-7(3-14)1-2-9(11(10)13)15-4-8-5-17-6-16-8/h1-2,5-6,15H,4H2. The highest BCUT2D eigenvalue weighted by Crippen LogP contribution is 2.20. The highest BCUT2D eigenvalue weighted by atomic mass is 32.1. The Hall–Kier alpha value is -2.00. The molecule has 2 aromatic rings. The van der Waals surface area contributed by atoms with Crippen LogP contribution in [0.4, 0.5) is 14.5 Å². The van der Waals surface area contributed by atoms with Crippen molar-refractivity contribution in [3.05, 3.63) is 45.9 Å². The molecule has 0 radical (unpaired) electrons. The smallest absolute Gasteiger partial charge is 0.183 e. The first kappa shape index (κ1) is 11.5. The quantitative estimate of drug-likeness (QED) is 0.912. The minimum atomic E-state index is -1.13. The summed E-state index contributed by atoms with van der Waals surface area (Å²) < 4.78 is 26.7. The van der Waals surface area contributed by atoms with Crippen molar-refractivity contribution in [2.45, 2.75) is 6.54 Å². The third kappa shape index (κ3) is 2.40. The van der Waals surface area contributed by atoms with Crippen molar-refractivity contribution < 1.29 is 8.78 Å². The van der Waals surface area contributed by atoms with Gasteiger partial charge in [0.25, 0.3) is 0 Å². The van der Waals surface area contributed by atoms with Gasteiger partial charge in [0.15, 0.2) is 11.6 Å². The van der Waals surface area contributed by atoms with Crippen LogP contribution < -0.4 is 5.32 Å². The first-order valence-electron chi connectivity index (χ1n) is 4.71. The van der Waals surface area contributed by atoms with E-state index in [-0.39, 0.29) is 11.3 Å². The van der Waals surface area contributed by atoms with Crippen molar-refractivity contribution in [2.24, 2.45) is 0 Å². The summed E-state index contributed by atoms with van der Waals surface area (Å²) in [7, 11) is 0. The summed E-state index contributed by atoms with van der Waals surface area (Å²) >= 11 is 1.43. The molecule has 0 fully saturated rings. The lowest BCUT2D eigenvalue weighted by atomic mass is 10.2. The maximum Gasteiger partial charge on any atom is 0.183 e. The van der Waals surface area contributed by atoms with Gasteiger partial charge in [0.2, 0.25) is 0 Å². The molecule has 1 N–H and O–H groups in total. The number of rotatable bonds is 3. The number of aromatic nitrogens is 1. The lowest BCUT2D eigenvalue weighted by Gasteiger charge is -2.06. The van der Waals surface area contributed by atoms with Gasteiger partial charge in [-0.15, -0.1) is 11.3 Å². The van der Waals surface area contributed by atoms with Crippen LogP contribution in [0, 0.1) is 23.0 Å². The van der Waals surface area contributed by atoms with Gasteiger partial charge < -0.3 is 5.32 Å². The topological polar surface area (TPSA) is 48.7 Å². The average molecular weight is 251 g/mol. The zero-order valence-electron chi connectivity index (χ0n) is 8.58. The summed E-state index contributed by atoms with van der Waals surface area (Å²) in [6, 6.07) is 4.15. The minimum absolute atomic E-state index is 0.0227. The molecule has 1 aromatic heterocycles. The molecule has 0 saturated carbocycles. The van der Waals surface area contributed by atoms with Gasteiger partial charge in [-0.2, -0.15) is 5.26 Å². The normalized spacial score (nSPS) is 9.94. The Morgan fingerprint density at radius 2 is 2.18 bits per heavy atom. The van der Waals surface area contributed by atoms with Gasteiger partial charge in [0, 0.05) is 5.38 Å². The molecular weight excluding hydrogens is 244 g/mol. The zero-order valence-corrected chi connectivity index (χ0v) is 9.39. The summed E-state index contributed by atoms with van der Waals surface area (Å²) in [5, 5.41) is 13.1. The molecule has 0 atom stereocenters. The number of thiazole rings is 1. The van der Waals surface area contributed by atoms with Crippen LogP contribution in [0.3, 0.4) is 0 Å². The van der Waals surface area contributed by atoms with Gasteiger partial charge in [-0.25, -0.2) is 13.8 Å². The van der Waals surface area contributed by atoms with Gasteiger partial charge in [-0.1, -0.05) is 0 Å². The predicted octanol–water partition coefficient (Wildman–Crippen LogP) is 2.91. The molecule has 0 saturated heterocycles. The molecule has 0 unspecified atom stereocenters. The summed E-state index contributed by atoms with van der Waals surface area (Å²) in [5.74, 6) is -2.17. The molecule has 0 aliphatic carbocycles. The van der Waals surface area contributed by atoms with Crippen molar-refractivity contribution in [1.82, 2.24) is 4.98 Å². The van der Waals surface area contributed by atoms with E-state index in [1.165, 1.54) is 23.5 Å². The van der Waals surface area contributed by atoms with Crippen LogP contribution in [-0.4, -0.2) is 4.98 Å². The second kappa shape index (κ2) is 4.89. The summed E-state index contributed by atoms with van der Waals surface area (Å²) in [6.45, 7) is 0.311. The van der Waals surface area contributed by atoms with Crippen LogP contribution in [-0.2, 0) is 6.54 Å². The Morgan fingerprint density at radius 1 is 1.35 bits per heavy atom. The van der Waals surface area contributed by atoms with Crippen molar-refractivity contribution in [3.8, 4) is 6.07 Å². The first-order chi connectivity index (χ1) is 8.22. The highest BCUT2D eigenvalue weighted by molar-refractivity contribution is 7.07. The summed E-state index contributed by atoms with van der Waals surface area (Å²) in [5.41, 5.74) is 2.13. The molecule has 6 heteroatoms. The van der Waals surface area contributed by atoms with E-state index in [1.807, 2.05) is 5.38 Å². The SMILES string of the molecule is N#Cc1ccc(NCc2cscn2)c(F)c1F. The Bertz CT molecular complexity index is 561. The Balaban J connectivity index is 2.17. The van der Waals surface area contributed by atoms with E-state index in [4.69, 9.17) is 5.26 Å². The van der Waals surface area contributed by atoms with Crippen molar-refractivity contribution >= 4 is 17.0 Å². The molecule has 1 heterocycles. The van der Waals surface area contributed by atoms with E-state index in [2.05, 4.69) is 10.3 Å². The summed E-state index contributed by atoms with van der Waals surface area (Å²) in [6.07, 6.45) is 0. The average Bonchev–Trinajstić information content (AvgIpc) is 2.84. The molecule has 0 aliphatic heterocycles. The van der Waals surface area contributed by atoms with Gasteiger partial charge in [-0.3, -0.25) is 0 Å². The van der Waals surface area contributed by atoms with Gasteiger partial charge >= 0.3 is 0 Å². The van der Waals surface area contributed by atoms with Crippen LogP contribution in [0.1, 0.15) is 11.3 Å². The fourth-order valence-electron chi connectivity index (χ4n) is 1.28. The third-order valence-electron chi connectivity index (χ3n) is 2.15. The molecule has 0 amide bonds. The van der Waals surface area contributed by atoms with Crippen LogP contribution in [0.25, 0.3) is 0 Å². The van der Waals surface area contributed by atoms with Crippen LogP contribution in [0.15, 0.2) is 23.0 Å². The Morgan fingerprint density at radius 3 is 2.82 bits per heavy atom. The van der Waals surface area contributed by atoms with E-state index in [0.717, 1.165) is 5.69 Å². The van der Waals surface area contributed by atoms with Crippen molar-refractivity contribution in [3.63, 3.8) is 0 Å².